The van der Waals surface area contributed by atoms with Crippen LogP contribution in [-0.4, -0.2) is 56.1 Å². The summed E-state index contributed by atoms with van der Waals surface area (Å²) in [4.78, 5) is 16.0. The van der Waals surface area contributed by atoms with Crippen LogP contribution < -0.4 is 51.2 Å². The molecule has 0 radical (unpaired) electrons. The van der Waals surface area contributed by atoms with Gasteiger partial charge in [-0.2, -0.15) is 9.97 Å². The van der Waals surface area contributed by atoms with Gasteiger partial charge in [0.2, 0.25) is 11.9 Å². The zero-order valence-electron chi connectivity index (χ0n) is 23.1. The molecule has 214 valence electrons. The highest BCUT2D eigenvalue weighted by atomic mass is 16.6. The molecule has 0 fully saturated rings. The van der Waals surface area contributed by atoms with Crippen molar-refractivity contribution in [2.45, 2.75) is 12.8 Å². The maximum absolute atomic E-state index is 6.00. The molecule has 8 N–H and O–H groups in total. The summed E-state index contributed by atoms with van der Waals surface area (Å²) in [6, 6.07) is 7.21. The third-order valence-corrected chi connectivity index (χ3v) is 6.07. The Hall–Kier alpha value is -5.34. The van der Waals surface area contributed by atoms with Gasteiger partial charge < -0.3 is 51.2 Å². The average molecular weight is 562 g/mol. The SMILES string of the molecule is COc1cc(Cc2cnc(N)nc2N)cc(OC)c1OBOc1c(OC)cc(Cc2cnc(N)nc2N)cc1OC. The van der Waals surface area contributed by atoms with Gasteiger partial charge in [-0.15, -0.1) is 0 Å². The van der Waals surface area contributed by atoms with Gasteiger partial charge in [0, 0.05) is 36.4 Å². The summed E-state index contributed by atoms with van der Waals surface area (Å²) >= 11 is 0. The van der Waals surface area contributed by atoms with Gasteiger partial charge in [0.05, 0.1) is 28.4 Å². The van der Waals surface area contributed by atoms with E-state index in [2.05, 4.69) is 19.9 Å². The summed E-state index contributed by atoms with van der Waals surface area (Å²) in [5.41, 5.74) is 26.3. The van der Waals surface area contributed by atoms with Crippen molar-refractivity contribution in [2.75, 3.05) is 51.4 Å². The van der Waals surface area contributed by atoms with Crippen LogP contribution in [0.25, 0.3) is 0 Å². The minimum atomic E-state index is -0.213. The van der Waals surface area contributed by atoms with Crippen LogP contribution in [0.1, 0.15) is 22.3 Å². The molecule has 0 saturated carbocycles. The van der Waals surface area contributed by atoms with Crippen LogP contribution in [0.4, 0.5) is 23.5 Å². The lowest BCUT2D eigenvalue weighted by Crippen LogP contribution is -2.14. The van der Waals surface area contributed by atoms with Crippen LogP contribution in [0.3, 0.4) is 0 Å². The lowest BCUT2D eigenvalue weighted by atomic mass is 10.0. The van der Waals surface area contributed by atoms with E-state index < -0.39 is 0 Å². The molecule has 15 heteroatoms. The van der Waals surface area contributed by atoms with Crippen molar-refractivity contribution in [1.82, 2.24) is 19.9 Å². The third-order valence-electron chi connectivity index (χ3n) is 6.07. The van der Waals surface area contributed by atoms with Crippen molar-refractivity contribution >= 4 is 31.2 Å². The number of nitrogen functional groups attached to an aromatic ring is 4. The number of hydrogen-bond acceptors (Lipinski definition) is 14. The highest BCUT2D eigenvalue weighted by molar-refractivity contribution is 6.21. The van der Waals surface area contributed by atoms with E-state index in [-0.39, 0.29) is 19.6 Å². The summed E-state index contributed by atoms with van der Waals surface area (Å²) < 4.78 is 34.2. The van der Waals surface area contributed by atoms with E-state index in [1.54, 1.807) is 36.7 Å². The molecule has 2 aromatic carbocycles. The van der Waals surface area contributed by atoms with Gasteiger partial charge >= 0.3 is 7.69 Å². The Morgan fingerprint density at radius 3 is 1.22 bits per heavy atom. The maximum atomic E-state index is 6.00. The summed E-state index contributed by atoms with van der Waals surface area (Å²) in [7, 11) is 5.88. The van der Waals surface area contributed by atoms with Gasteiger partial charge in [-0.3, -0.25) is 0 Å². The normalized spacial score (nSPS) is 10.5. The number of ether oxygens (including phenoxy) is 4. The number of aromatic nitrogens is 4. The van der Waals surface area contributed by atoms with E-state index >= 15 is 0 Å². The van der Waals surface area contributed by atoms with Crippen LogP contribution in [0.15, 0.2) is 36.7 Å². The minimum Gasteiger partial charge on any atom is -0.523 e. The maximum Gasteiger partial charge on any atom is 0.576 e. The molecule has 0 spiro atoms. The first kappa shape index (κ1) is 28.7. The van der Waals surface area contributed by atoms with Gasteiger partial charge in [0.1, 0.15) is 11.6 Å². The molecule has 4 aromatic rings. The lowest BCUT2D eigenvalue weighted by molar-refractivity contribution is 0.336. The number of anilines is 4. The first-order valence-electron chi connectivity index (χ1n) is 12.2. The second-order valence-corrected chi connectivity index (χ2v) is 8.70. The molecule has 4 rings (SSSR count). The predicted octanol–water partition coefficient (Wildman–Crippen LogP) is 1.54. The Labute approximate surface area is 237 Å². The van der Waals surface area contributed by atoms with Crippen LogP contribution in [0.2, 0.25) is 0 Å². The highest BCUT2D eigenvalue weighted by Crippen LogP contribution is 2.41. The predicted molar refractivity (Wildman–Crippen MR) is 155 cm³/mol. The molecule has 0 bridgehead atoms. The van der Waals surface area contributed by atoms with Crippen molar-refractivity contribution in [3.05, 3.63) is 58.9 Å². The Kier molecular flexibility index (Phi) is 8.87. The van der Waals surface area contributed by atoms with Crippen molar-refractivity contribution < 1.29 is 28.3 Å². The number of nitrogens with two attached hydrogens (primary N) is 4. The summed E-state index contributed by atoms with van der Waals surface area (Å²) in [5.74, 6) is 3.19. The molecular formula is C26H31BN8O6. The highest BCUT2D eigenvalue weighted by Gasteiger charge is 2.20. The molecule has 0 aliphatic rings. The zero-order valence-corrected chi connectivity index (χ0v) is 23.1. The van der Waals surface area contributed by atoms with Gasteiger partial charge in [-0.05, 0) is 35.4 Å². The van der Waals surface area contributed by atoms with Crippen molar-refractivity contribution in [3.63, 3.8) is 0 Å². The zero-order chi connectivity index (χ0) is 29.5. The number of methoxy groups -OCH3 is 4. The van der Waals surface area contributed by atoms with Crippen molar-refractivity contribution in [2.24, 2.45) is 0 Å². The molecule has 0 aliphatic heterocycles. The van der Waals surface area contributed by atoms with E-state index in [4.69, 9.17) is 51.2 Å². The molecule has 0 saturated heterocycles. The first-order valence-corrected chi connectivity index (χ1v) is 12.2. The first-order chi connectivity index (χ1) is 19.8. The van der Waals surface area contributed by atoms with Crippen LogP contribution in [0, 0.1) is 0 Å². The number of rotatable bonds is 12. The monoisotopic (exact) mass is 562 g/mol. The fourth-order valence-electron chi connectivity index (χ4n) is 4.09. The fourth-order valence-corrected chi connectivity index (χ4v) is 4.09. The van der Waals surface area contributed by atoms with Gasteiger partial charge in [0.15, 0.2) is 34.5 Å². The molecule has 0 unspecified atom stereocenters. The van der Waals surface area contributed by atoms with Crippen LogP contribution >= 0.6 is 0 Å². The van der Waals surface area contributed by atoms with Gasteiger partial charge in [-0.1, -0.05) is 0 Å². The topological polar surface area (TPSA) is 211 Å². The van der Waals surface area contributed by atoms with E-state index in [1.807, 2.05) is 0 Å². The van der Waals surface area contributed by atoms with E-state index in [9.17, 15) is 0 Å². The number of nitrogens with zero attached hydrogens (tertiary/aromatic N) is 4. The van der Waals surface area contributed by atoms with Crippen LogP contribution in [0.5, 0.6) is 34.5 Å². The van der Waals surface area contributed by atoms with Gasteiger partial charge in [0.25, 0.3) is 0 Å². The molecule has 0 aliphatic carbocycles. The summed E-state index contributed by atoms with van der Waals surface area (Å²) in [6.45, 7) is 0. The Bertz CT molecular complexity index is 1380. The summed E-state index contributed by atoms with van der Waals surface area (Å²) in [5, 5.41) is 0. The minimum absolute atomic E-state index is 0.106. The van der Waals surface area contributed by atoms with Crippen molar-refractivity contribution in [3.8, 4) is 34.5 Å². The van der Waals surface area contributed by atoms with Crippen molar-refractivity contribution in [1.29, 1.82) is 0 Å². The molecule has 2 aromatic heterocycles. The second-order valence-electron chi connectivity index (χ2n) is 8.70. The standard InChI is InChI=1S/C26H31BN8O6/c1-36-17-7-13(5-15-11-32-25(30)34-23(15)28)8-18(37-2)21(17)40-27-41-22-19(38-3)9-14(10-20(22)39-4)6-16-12-33-26(31)35-24(16)29/h7-12,27H,5-6H2,1-4H3,(H4,28,30,32,34)(H4,29,31,33,35). The molecular weight excluding hydrogens is 531 g/mol. The molecule has 0 amide bonds. The fraction of sp³-hybridized carbons (Fsp3) is 0.231. The summed E-state index contributed by atoms with van der Waals surface area (Å²) in [6.07, 6.45) is 4.01. The molecule has 2 heterocycles. The quantitative estimate of drug-likeness (QED) is 0.180. The Balaban J connectivity index is 1.53. The number of benzene rings is 2. The Morgan fingerprint density at radius 1 is 0.585 bits per heavy atom. The average Bonchev–Trinajstić information content (AvgIpc) is 2.96. The number of hydrogen-bond donors (Lipinski definition) is 4. The largest absolute Gasteiger partial charge is 0.576 e. The van der Waals surface area contributed by atoms with Crippen LogP contribution in [-0.2, 0) is 12.8 Å². The lowest BCUT2D eigenvalue weighted by Gasteiger charge is -2.19. The third kappa shape index (κ3) is 6.63. The Morgan fingerprint density at radius 2 is 0.927 bits per heavy atom. The van der Waals surface area contributed by atoms with E-state index in [1.165, 1.54) is 28.4 Å². The molecule has 0 atom stereocenters. The molecule has 41 heavy (non-hydrogen) atoms. The second kappa shape index (κ2) is 12.7. The van der Waals surface area contributed by atoms with E-state index in [0.717, 1.165) is 11.1 Å². The van der Waals surface area contributed by atoms with E-state index in [0.29, 0.717) is 70.1 Å². The smallest absolute Gasteiger partial charge is 0.523 e. The van der Waals surface area contributed by atoms with Gasteiger partial charge in [-0.25, -0.2) is 9.97 Å². The molecule has 14 nitrogen and oxygen atoms in total.